The molecule has 0 saturated heterocycles. The molecule has 21 heavy (non-hydrogen) atoms. The van der Waals surface area contributed by atoms with Gasteiger partial charge in [0.15, 0.2) is 11.5 Å². The summed E-state index contributed by atoms with van der Waals surface area (Å²) >= 11 is -0.132. The first-order valence-electron chi connectivity index (χ1n) is 6.19. The molecule has 0 saturated carbocycles. The summed E-state index contributed by atoms with van der Waals surface area (Å²) in [5.41, 5.74) is 2.14. The van der Waals surface area contributed by atoms with E-state index in [0.717, 1.165) is 5.56 Å². The number of benzene rings is 1. The van der Waals surface area contributed by atoms with Crippen molar-refractivity contribution in [3.8, 4) is 17.2 Å². The van der Waals surface area contributed by atoms with Gasteiger partial charge in [-0.05, 0) is 42.4 Å². The first-order valence-corrected chi connectivity index (χ1v) is 7.18. The third-order valence-corrected chi connectivity index (χ3v) is 3.25. The molecule has 0 fully saturated rings. The van der Waals surface area contributed by atoms with E-state index in [1.54, 1.807) is 12.1 Å². The smallest absolute Gasteiger partial charge is 0.441 e. The molecule has 2 N–H and O–H groups in total. The van der Waals surface area contributed by atoms with E-state index in [9.17, 15) is 13.2 Å². The first-order chi connectivity index (χ1) is 9.91. The Morgan fingerprint density at radius 1 is 1.14 bits per heavy atom. The zero-order valence-electron chi connectivity index (χ0n) is 11.8. The van der Waals surface area contributed by atoms with Gasteiger partial charge >= 0.3 is 5.51 Å². The standard InChI is InChI=1S/C13H18F3NO3S/c1-18-10-7-9(3-4-17)8-11(19-2)12(10)20-5-6-21-13(14,15)16/h7-8H,3-6,17H2,1-2H3. The number of hydrogen-bond donors (Lipinski definition) is 1. The monoisotopic (exact) mass is 325 g/mol. The SMILES string of the molecule is COc1cc(CCN)cc(OC)c1OCCSC(F)(F)F. The Morgan fingerprint density at radius 3 is 2.14 bits per heavy atom. The molecule has 0 heterocycles. The highest BCUT2D eigenvalue weighted by Gasteiger charge is 2.27. The summed E-state index contributed by atoms with van der Waals surface area (Å²) in [6.07, 6.45) is 0.636. The van der Waals surface area contributed by atoms with Gasteiger partial charge in [0, 0.05) is 5.75 Å². The fraction of sp³-hybridized carbons (Fsp3) is 0.538. The van der Waals surface area contributed by atoms with E-state index >= 15 is 0 Å². The summed E-state index contributed by atoms with van der Waals surface area (Å²) in [4.78, 5) is 0. The van der Waals surface area contributed by atoms with E-state index < -0.39 is 5.51 Å². The van der Waals surface area contributed by atoms with Gasteiger partial charge in [-0.2, -0.15) is 13.2 Å². The van der Waals surface area contributed by atoms with Crippen molar-refractivity contribution in [3.63, 3.8) is 0 Å². The minimum absolute atomic E-state index is 0.104. The molecule has 0 unspecified atom stereocenters. The van der Waals surface area contributed by atoms with E-state index in [0.29, 0.717) is 30.2 Å². The largest absolute Gasteiger partial charge is 0.493 e. The zero-order chi connectivity index (χ0) is 15.9. The minimum Gasteiger partial charge on any atom is -0.493 e. The van der Waals surface area contributed by atoms with Crippen molar-refractivity contribution >= 4 is 11.8 Å². The third-order valence-electron chi connectivity index (χ3n) is 2.55. The van der Waals surface area contributed by atoms with Crippen LogP contribution in [0.2, 0.25) is 0 Å². The molecule has 1 aromatic rings. The van der Waals surface area contributed by atoms with Gasteiger partial charge in [0.05, 0.1) is 20.8 Å². The lowest BCUT2D eigenvalue weighted by Gasteiger charge is -2.16. The fourth-order valence-corrected chi connectivity index (χ4v) is 2.09. The maximum atomic E-state index is 12.1. The van der Waals surface area contributed by atoms with Crippen molar-refractivity contribution in [3.05, 3.63) is 17.7 Å². The number of nitrogens with two attached hydrogens (primary N) is 1. The molecule has 0 aromatic heterocycles. The molecule has 0 bridgehead atoms. The molecule has 8 heteroatoms. The van der Waals surface area contributed by atoms with Gasteiger partial charge in [0.2, 0.25) is 5.75 Å². The summed E-state index contributed by atoms with van der Waals surface area (Å²) in [5, 5.41) is 0. The van der Waals surface area contributed by atoms with Crippen molar-refractivity contribution in [2.45, 2.75) is 11.9 Å². The molecule has 0 amide bonds. The Kier molecular flexibility index (Phi) is 6.97. The van der Waals surface area contributed by atoms with Gasteiger partial charge in [-0.1, -0.05) is 0 Å². The van der Waals surface area contributed by atoms with Crippen LogP contribution in [0.1, 0.15) is 5.56 Å². The molecule has 0 aliphatic rings. The topological polar surface area (TPSA) is 53.7 Å². The highest BCUT2D eigenvalue weighted by molar-refractivity contribution is 8.00. The highest BCUT2D eigenvalue weighted by atomic mass is 32.2. The van der Waals surface area contributed by atoms with Crippen LogP contribution in [0.25, 0.3) is 0 Å². The Labute approximate surface area is 125 Å². The van der Waals surface area contributed by atoms with E-state index in [1.807, 2.05) is 0 Å². The third kappa shape index (κ3) is 5.92. The van der Waals surface area contributed by atoms with Crippen LogP contribution < -0.4 is 19.9 Å². The second-order valence-corrected chi connectivity index (χ2v) is 5.17. The Hall–Kier alpha value is -1.28. The summed E-state index contributed by atoms with van der Waals surface area (Å²) in [6, 6.07) is 3.48. The van der Waals surface area contributed by atoms with Gasteiger partial charge in [-0.15, -0.1) is 0 Å². The fourth-order valence-electron chi connectivity index (χ4n) is 1.69. The summed E-state index contributed by atoms with van der Waals surface area (Å²) in [6.45, 7) is 0.363. The summed E-state index contributed by atoms with van der Waals surface area (Å²) in [5.74, 6) is 0.911. The number of thioether (sulfide) groups is 1. The lowest BCUT2D eigenvalue weighted by Crippen LogP contribution is -2.09. The maximum Gasteiger partial charge on any atom is 0.441 e. The molecule has 4 nitrogen and oxygen atoms in total. The van der Waals surface area contributed by atoms with Crippen LogP contribution in [0.15, 0.2) is 12.1 Å². The number of hydrogen-bond acceptors (Lipinski definition) is 5. The lowest BCUT2D eigenvalue weighted by atomic mass is 10.1. The van der Waals surface area contributed by atoms with E-state index in [2.05, 4.69) is 0 Å². The Morgan fingerprint density at radius 2 is 1.71 bits per heavy atom. The van der Waals surface area contributed by atoms with Gasteiger partial charge in [-0.3, -0.25) is 0 Å². The predicted octanol–water partition coefficient (Wildman–Crippen LogP) is 2.84. The van der Waals surface area contributed by atoms with Crippen LogP contribution in [0.3, 0.4) is 0 Å². The van der Waals surface area contributed by atoms with Crippen LogP contribution in [0.4, 0.5) is 13.2 Å². The molecule has 0 aliphatic heterocycles. The van der Waals surface area contributed by atoms with Crippen LogP contribution in [0.5, 0.6) is 17.2 Å². The van der Waals surface area contributed by atoms with Crippen molar-refractivity contribution in [2.75, 3.05) is 33.1 Å². The second-order valence-electron chi connectivity index (χ2n) is 4.01. The number of rotatable bonds is 8. The van der Waals surface area contributed by atoms with Gasteiger partial charge in [0.25, 0.3) is 0 Å². The Bertz CT molecular complexity index is 430. The minimum atomic E-state index is -4.26. The number of methoxy groups -OCH3 is 2. The highest BCUT2D eigenvalue weighted by Crippen LogP contribution is 2.39. The van der Waals surface area contributed by atoms with Gasteiger partial charge in [0.1, 0.15) is 0 Å². The molecule has 0 atom stereocenters. The molecular formula is C13H18F3NO3S. The molecular weight excluding hydrogens is 307 g/mol. The normalized spacial score (nSPS) is 11.3. The number of alkyl halides is 3. The molecule has 1 aromatic carbocycles. The lowest BCUT2D eigenvalue weighted by molar-refractivity contribution is -0.0329. The van der Waals surface area contributed by atoms with E-state index in [-0.39, 0.29) is 24.1 Å². The summed E-state index contributed by atoms with van der Waals surface area (Å²) < 4.78 is 51.9. The summed E-state index contributed by atoms with van der Waals surface area (Å²) in [7, 11) is 2.91. The average molecular weight is 325 g/mol. The van der Waals surface area contributed by atoms with Crippen molar-refractivity contribution < 1.29 is 27.4 Å². The molecule has 0 aliphatic carbocycles. The molecule has 1 rings (SSSR count). The number of halogens is 3. The molecule has 0 spiro atoms. The Balaban J connectivity index is 2.79. The molecule has 120 valence electrons. The number of ether oxygens (including phenoxy) is 3. The second kappa shape index (κ2) is 8.23. The van der Waals surface area contributed by atoms with Crippen molar-refractivity contribution in [1.29, 1.82) is 0 Å². The molecule has 0 radical (unpaired) electrons. The van der Waals surface area contributed by atoms with Crippen LogP contribution in [0, 0.1) is 0 Å². The quantitative estimate of drug-likeness (QED) is 0.745. The van der Waals surface area contributed by atoms with Crippen LogP contribution >= 0.6 is 11.8 Å². The van der Waals surface area contributed by atoms with E-state index in [1.165, 1.54) is 14.2 Å². The zero-order valence-corrected chi connectivity index (χ0v) is 12.6. The first kappa shape index (κ1) is 17.8. The van der Waals surface area contributed by atoms with Gasteiger partial charge < -0.3 is 19.9 Å². The predicted molar refractivity (Wildman–Crippen MR) is 76.3 cm³/mol. The van der Waals surface area contributed by atoms with Crippen molar-refractivity contribution in [1.82, 2.24) is 0 Å². The van der Waals surface area contributed by atoms with Crippen LogP contribution in [-0.4, -0.2) is 38.6 Å². The average Bonchev–Trinajstić information content (AvgIpc) is 2.43. The maximum absolute atomic E-state index is 12.1. The van der Waals surface area contributed by atoms with Crippen molar-refractivity contribution in [2.24, 2.45) is 5.73 Å². The van der Waals surface area contributed by atoms with Crippen LogP contribution in [-0.2, 0) is 6.42 Å². The van der Waals surface area contributed by atoms with Gasteiger partial charge in [-0.25, -0.2) is 0 Å². The van der Waals surface area contributed by atoms with E-state index in [4.69, 9.17) is 19.9 Å².